The van der Waals surface area contributed by atoms with E-state index in [2.05, 4.69) is 5.10 Å². The predicted octanol–water partition coefficient (Wildman–Crippen LogP) is 1.87. The molecule has 0 radical (unpaired) electrons. The molecule has 0 bridgehead atoms. The summed E-state index contributed by atoms with van der Waals surface area (Å²) in [6.07, 6.45) is 4.94. The molecule has 24 heavy (non-hydrogen) atoms. The number of rotatable bonds is 5. The maximum absolute atomic E-state index is 14.2. The Labute approximate surface area is 138 Å². The second-order valence-electron chi connectivity index (χ2n) is 5.29. The lowest BCUT2D eigenvalue weighted by Gasteiger charge is -2.17. The molecule has 124 valence electrons. The quantitative estimate of drug-likeness (QED) is 0.778. The Bertz CT molecular complexity index is 842. The van der Waals surface area contributed by atoms with E-state index in [9.17, 15) is 9.18 Å². The number of aliphatic hydroxyl groups excluding tert-OH is 1. The molecule has 0 fully saturated rings. The molecule has 0 saturated carbocycles. The zero-order valence-electron chi connectivity index (χ0n) is 13.1. The lowest BCUT2D eigenvalue weighted by Crippen LogP contribution is -2.30. The molecule has 2 aromatic heterocycles. The number of hydrogen-bond acceptors (Lipinski definition) is 3. The van der Waals surface area contributed by atoms with Crippen molar-refractivity contribution in [3.63, 3.8) is 0 Å². The fourth-order valence-corrected chi connectivity index (χ4v) is 2.47. The molecule has 1 N–H and O–H groups in total. The van der Waals surface area contributed by atoms with E-state index in [1.54, 1.807) is 42.2 Å². The molecule has 0 atom stereocenters. The molecule has 0 aliphatic rings. The summed E-state index contributed by atoms with van der Waals surface area (Å²) in [7, 11) is 1.60. The van der Waals surface area contributed by atoms with Crippen molar-refractivity contribution in [1.82, 2.24) is 19.2 Å². The standard InChI is InChI=1S/C17H17FN4O2/c1-20(10-11-23)17(24)13-12-19-22(15-7-3-2-6-14(15)18)16(13)21-8-4-5-9-21/h2-9,12,23H,10-11H2,1H3. The highest BCUT2D eigenvalue weighted by Crippen LogP contribution is 2.22. The Morgan fingerprint density at radius 1 is 1.25 bits per heavy atom. The first kappa shape index (κ1) is 15.9. The Morgan fingerprint density at radius 2 is 1.96 bits per heavy atom. The first-order valence-electron chi connectivity index (χ1n) is 7.46. The lowest BCUT2D eigenvalue weighted by atomic mass is 10.2. The summed E-state index contributed by atoms with van der Waals surface area (Å²) >= 11 is 0. The van der Waals surface area contributed by atoms with Gasteiger partial charge in [0.2, 0.25) is 0 Å². The number of aliphatic hydroxyl groups is 1. The van der Waals surface area contributed by atoms with Crippen molar-refractivity contribution in [3.8, 4) is 11.5 Å². The molecule has 0 aliphatic carbocycles. The Balaban J connectivity index is 2.15. The number of carbonyl (C=O) groups excluding carboxylic acids is 1. The third-order valence-electron chi connectivity index (χ3n) is 3.69. The fourth-order valence-electron chi connectivity index (χ4n) is 2.47. The van der Waals surface area contributed by atoms with Crippen molar-refractivity contribution in [3.05, 3.63) is 66.4 Å². The molecule has 1 aromatic carbocycles. The number of aromatic nitrogens is 3. The fraction of sp³-hybridized carbons (Fsp3) is 0.176. The molecular formula is C17H17FN4O2. The molecule has 1 amide bonds. The van der Waals surface area contributed by atoms with Gasteiger partial charge in [0, 0.05) is 26.0 Å². The van der Waals surface area contributed by atoms with Crippen molar-refractivity contribution in [1.29, 1.82) is 0 Å². The van der Waals surface area contributed by atoms with Crippen molar-refractivity contribution in [2.45, 2.75) is 0 Å². The van der Waals surface area contributed by atoms with Crippen LogP contribution in [0.3, 0.4) is 0 Å². The maximum atomic E-state index is 14.2. The van der Waals surface area contributed by atoms with E-state index in [-0.39, 0.29) is 24.7 Å². The summed E-state index contributed by atoms with van der Waals surface area (Å²) in [6.45, 7) is 0.0668. The smallest absolute Gasteiger partial charge is 0.259 e. The molecule has 0 aliphatic heterocycles. The van der Waals surface area contributed by atoms with Gasteiger partial charge in [-0.25, -0.2) is 9.07 Å². The molecule has 0 unspecified atom stereocenters. The summed E-state index contributed by atoms with van der Waals surface area (Å²) in [5, 5.41) is 13.2. The summed E-state index contributed by atoms with van der Waals surface area (Å²) in [5.41, 5.74) is 0.579. The van der Waals surface area contributed by atoms with Gasteiger partial charge in [-0.1, -0.05) is 12.1 Å². The van der Waals surface area contributed by atoms with Crippen LogP contribution in [-0.2, 0) is 0 Å². The second-order valence-corrected chi connectivity index (χ2v) is 5.29. The topological polar surface area (TPSA) is 63.3 Å². The molecule has 6 nitrogen and oxygen atoms in total. The van der Waals surface area contributed by atoms with Crippen molar-refractivity contribution < 1.29 is 14.3 Å². The van der Waals surface area contributed by atoms with Gasteiger partial charge in [-0.05, 0) is 24.3 Å². The number of nitrogens with zero attached hydrogens (tertiary/aromatic N) is 4. The number of amides is 1. The first-order valence-corrected chi connectivity index (χ1v) is 7.46. The largest absolute Gasteiger partial charge is 0.395 e. The summed E-state index contributed by atoms with van der Waals surface area (Å²) in [5.74, 6) is -0.285. The molecule has 0 spiro atoms. The summed E-state index contributed by atoms with van der Waals surface area (Å²) < 4.78 is 17.3. The van der Waals surface area contributed by atoms with Gasteiger partial charge in [-0.3, -0.25) is 4.79 Å². The monoisotopic (exact) mass is 328 g/mol. The van der Waals surface area contributed by atoms with Crippen molar-refractivity contribution in [2.24, 2.45) is 0 Å². The Morgan fingerprint density at radius 3 is 2.62 bits per heavy atom. The van der Waals surface area contributed by atoms with E-state index in [0.717, 1.165) is 0 Å². The maximum Gasteiger partial charge on any atom is 0.259 e. The zero-order chi connectivity index (χ0) is 17.1. The normalized spacial score (nSPS) is 10.8. The van der Waals surface area contributed by atoms with Crippen LogP contribution in [0.25, 0.3) is 11.5 Å². The van der Waals surface area contributed by atoms with E-state index < -0.39 is 5.82 Å². The van der Waals surface area contributed by atoms with Gasteiger partial charge < -0.3 is 14.6 Å². The van der Waals surface area contributed by atoms with Crippen LogP contribution in [0.4, 0.5) is 4.39 Å². The van der Waals surface area contributed by atoms with Crippen LogP contribution in [0, 0.1) is 5.82 Å². The van der Waals surface area contributed by atoms with Crippen LogP contribution >= 0.6 is 0 Å². The van der Waals surface area contributed by atoms with E-state index in [1.165, 1.54) is 21.8 Å². The summed E-state index contributed by atoms with van der Waals surface area (Å²) in [6, 6.07) is 9.86. The minimum Gasteiger partial charge on any atom is -0.395 e. The zero-order valence-corrected chi connectivity index (χ0v) is 13.1. The minimum atomic E-state index is -0.434. The van der Waals surface area contributed by atoms with Crippen LogP contribution in [0.15, 0.2) is 55.0 Å². The average Bonchev–Trinajstić information content (AvgIpc) is 3.23. The highest BCUT2D eigenvalue weighted by atomic mass is 19.1. The highest BCUT2D eigenvalue weighted by molar-refractivity contribution is 5.97. The van der Waals surface area contributed by atoms with Gasteiger partial charge in [0.25, 0.3) is 5.91 Å². The molecule has 2 heterocycles. The van der Waals surface area contributed by atoms with E-state index in [0.29, 0.717) is 11.4 Å². The van der Waals surface area contributed by atoms with Crippen LogP contribution in [0.5, 0.6) is 0 Å². The number of halogens is 1. The SMILES string of the molecule is CN(CCO)C(=O)c1cnn(-c2ccccc2F)c1-n1cccc1. The van der Waals surface area contributed by atoms with Crippen LogP contribution in [0.1, 0.15) is 10.4 Å². The number of para-hydroxylation sites is 1. The lowest BCUT2D eigenvalue weighted by molar-refractivity contribution is 0.0767. The van der Waals surface area contributed by atoms with E-state index in [4.69, 9.17) is 5.11 Å². The van der Waals surface area contributed by atoms with Crippen molar-refractivity contribution >= 4 is 5.91 Å². The van der Waals surface area contributed by atoms with E-state index >= 15 is 0 Å². The number of hydrogen-bond donors (Lipinski definition) is 1. The molecular weight excluding hydrogens is 311 g/mol. The van der Waals surface area contributed by atoms with E-state index in [1.807, 2.05) is 12.1 Å². The van der Waals surface area contributed by atoms with Crippen LogP contribution < -0.4 is 0 Å². The van der Waals surface area contributed by atoms with Gasteiger partial charge in [0.1, 0.15) is 17.1 Å². The van der Waals surface area contributed by atoms with Gasteiger partial charge in [0.15, 0.2) is 5.82 Å². The molecule has 0 saturated heterocycles. The minimum absolute atomic E-state index is 0.136. The Hall–Kier alpha value is -2.93. The molecule has 3 aromatic rings. The average molecular weight is 328 g/mol. The first-order chi connectivity index (χ1) is 11.6. The van der Waals surface area contributed by atoms with Crippen LogP contribution in [0.2, 0.25) is 0 Å². The predicted molar refractivity (Wildman–Crippen MR) is 86.9 cm³/mol. The van der Waals surface area contributed by atoms with Crippen LogP contribution in [-0.4, -0.2) is 50.5 Å². The van der Waals surface area contributed by atoms with Gasteiger partial charge in [-0.15, -0.1) is 0 Å². The van der Waals surface area contributed by atoms with Gasteiger partial charge in [-0.2, -0.15) is 5.10 Å². The Kier molecular flexibility index (Phi) is 4.43. The second kappa shape index (κ2) is 6.67. The highest BCUT2D eigenvalue weighted by Gasteiger charge is 2.23. The summed E-state index contributed by atoms with van der Waals surface area (Å²) in [4.78, 5) is 14.0. The number of carbonyl (C=O) groups is 1. The third-order valence-corrected chi connectivity index (χ3v) is 3.69. The number of likely N-dealkylation sites (N-methyl/N-ethyl adjacent to an activating group) is 1. The molecule has 3 rings (SSSR count). The third kappa shape index (κ3) is 2.81. The van der Waals surface area contributed by atoms with Gasteiger partial charge in [0.05, 0.1) is 12.8 Å². The van der Waals surface area contributed by atoms with Crippen molar-refractivity contribution in [2.75, 3.05) is 20.2 Å². The molecule has 7 heteroatoms. The number of benzene rings is 1. The van der Waals surface area contributed by atoms with Gasteiger partial charge >= 0.3 is 0 Å².